The number of carbonyl (C=O) groups excluding carboxylic acids is 1. The molecule has 1 aliphatic carbocycles. The van der Waals surface area contributed by atoms with E-state index in [4.69, 9.17) is 9.63 Å². The van der Waals surface area contributed by atoms with Crippen LogP contribution in [-0.4, -0.2) is 33.7 Å². The van der Waals surface area contributed by atoms with Crippen molar-refractivity contribution in [3.05, 3.63) is 11.7 Å². The number of amides is 1. The van der Waals surface area contributed by atoms with Crippen LogP contribution in [0.15, 0.2) is 4.52 Å². The van der Waals surface area contributed by atoms with Crippen LogP contribution in [0.1, 0.15) is 18.1 Å². The van der Waals surface area contributed by atoms with Crippen molar-refractivity contribution in [2.45, 2.75) is 19.8 Å². The smallest absolute Gasteiger partial charge is 0.307 e. The van der Waals surface area contributed by atoms with Crippen LogP contribution in [0, 0.1) is 18.8 Å². The largest absolute Gasteiger partial charge is 0.481 e. The number of hydrogen-bond acceptors (Lipinski definition) is 5. The van der Waals surface area contributed by atoms with Crippen LogP contribution in [0.3, 0.4) is 0 Å². The van der Waals surface area contributed by atoms with Gasteiger partial charge in [0.2, 0.25) is 11.8 Å². The predicted molar refractivity (Wildman–Crippen MR) is 55.0 cm³/mol. The van der Waals surface area contributed by atoms with Crippen molar-refractivity contribution in [2.24, 2.45) is 11.8 Å². The maximum Gasteiger partial charge on any atom is 0.307 e. The third-order valence-corrected chi connectivity index (χ3v) is 2.65. The number of carbonyl (C=O) groups is 2. The van der Waals surface area contributed by atoms with Gasteiger partial charge in [0.15, 0.2) is 5.82 Å². The molecule has 1 amide bonds. The molecule has 1 aromatic rings. The van der Waals surface area contributed by atoms with Crippen molar-refractivity contribution < 1.29 is 19.2 Å². The van der Waals surface area contributed by atoms with Gasteiger partial charge in [0, 0.05) is 13.0 Å². The van der Waals surface area contributed by atoms with Crippen LogP contribution in [0.5, 0.6) is 0 Å². The Morgan fingerprint density at radius 2 is 2.29 bits per heavy atom. The number of hydrogen-bond donors (Lipinski definition) is 2. The minimum Gasteiger partial charge on any atom is -0.481 e. The molecule has 7 nitrogen and oxygen atoms in total. The molecule has 0 aliphatic heterocycles. The number of nitrogens with zero attached hydrogens (tertiary/aromatic N) is 2. The van der Waals surface area contributed by atoms with E-state index in [1.54, 1.807) is 6.92 Å². The first kappa shape index (κ1) is 11.6. The number of carboxylic acids is 1. The van der Waals surface area contributed by atoms with Gasteiger partial charge >= 0.3 is 5.97 Å². The van der Waals surface area contributed by atoms with Crippen LogP contribution in [-0.2, 0) is 16.0 Å². The minimum atomic E-state index is -0.905. The van der Waals surface area contributed by atoms with Crippen LogP contribution < -0.4 is 5.32 Å². The monoisotopic (exact) mass is 239 g/mol. The number of rotatable bonds is 5. The van der Waals surface area contributed by atoms with Crippen molar-refractivity contribution in [3.8, 4) is 0 Å². The summed E-state index contributed by atoms with van der Waals surface area (Å²) in [5.41, 5.74) is 0. The Morgan fingerprint density at radius 3 is 2.82 bits per heavy atom. The quantitative estimate of drug-likeness (QED) is 0.734. The highest BCUT2D eigenvalue weighted by atomic mass is 16.5. The summed E-state index contributed by atoms with van der Waals surface area (Å²) >= 11 is 0. The molecule has 2 N–H and O–H groups in total. The number of aryl methyl sites for hydroxylation is 1. The summed E-state index contributed by atoms with van der Waals surface area (Å²) in [6, 6.07) is 0. The second kappa shape index (κ2) is 4.52. The molecule has 1 aliphatic rings. The highest BCUT2D eigenvalue weighted by molar-refractivity contribution is 5.89. The van der Waals surface area contributed by atoms with Crippen LogP contribution in [0.4, 0.5) is 0 Å². The summed E-state index contributed by atoms with van der Waals surface area (Å²) in [6.45, 7) is 2.09. The number of carboxylic acid groups (broad SMARTS) is 1. The molecule has 17 heavy (non-hydrogen) atoms. The molecule has 0 spiro atoms. The van der Waals surface area contributed by atoms with Crippen LogP contribution in [0.2, 0.25) is 0 Å². The van der Waals surface area contributed by atoms with Crippen molar-refractivity contribution in [2.75, 3.05) is 6.54 Å². The highest BCUT2D eigenvalue weighted by Gasteiger charge is 2.48. The van der Waals surface area contributed by atoms with Gasteiger partial charge in [-0.3, -0.25) is 9.59 Å². The van der Waals surface area contributed by atoms with Gasteiger partial charge in [-0.1, -0.05) is 5.16 Å². The van der Waals surface area contributed by atoms with Gasteiger partial charge in [-0.25, -0.2) is 0 Å². The van der Waals surface area contributed by atoms with E-state index in [1.165, 1.54) is 0 Å². The van der Waals surface area contributed by atoms with Gasteiger partial charge in [-0.15, -0.1) is 0 Å². The summed E-state index contributed by atoms with van der Waals surface area (Å²) in [4.78, 5) is 26.0. The predicted octanol–water partition coefficient (Wildman–Crippen LogP) is -0.243. The SMILES string of the molecule is Cc1noc(CCNC(=O)[C@@H]2C[C@@H]2C(=O)O)n1. The first-order valence-corrected chi connectivity index (χ1v) is 5.37. The molecule has 92 valence electrons. The van der Waals surface area contributed by atoms with Crippen LogP contribution >= 0.6 is 0 Å². The lowest BCUT2D eigenvalue weighted by Crippen LogP contribution is -2.28. The first-order chi connectivity index (χ1) is 8.08. The first-order valence-electron chi connectivity index (χ1n) is 5.37. The lowest BCUT2D eigenvalue weighted by Gasteiger charge is -2.01. The molecule has 0 saturated heterocycles. The molecular formula is C10H13N3O4. The van der Waals surface area contributed by atoms with Gasteiger partial charge in [0.05, 0.1) is 11.8 Å². The summed E-state index contributed by atoms with van der Waals surface area (Å²) < 4.78 is 4.88. The molecule has 1 saturated carbocycles. The molecule has 1 aromatic heterocycles. The van der Waals surface area contributed by atoms with Crippen molar-refractivity contribution >= 4 is 11.9 Å². The summed E-state index contributed by atoms with van der Waals surface area (Å²) in [5, 5.41) is 14.9. The second-order valence-electron chi connectivity index (χ2n) is 4.06. The number of nitrogens with one attached hydrogen (secondary N) is 1. The van der Waals surface area contributed by atoms with Gasteiger partial charge in [0.25, 0.3) is 0 Å². The molecule has 0 radical (unpaired) electrons. The molecule has 0 aromatic carbocycles. The fourth-order valence-electron chi connectivity index (χ4n) is 1.62. The normalized spacial score (nSPS) is 22.2. The molecule has 1 fully saturated rings. The molecule has 7 heteroatoms. The fourth-order valence-corrected chi connectivity index (χ4v) is 1.62. The molecule has 0 bridgehead atoms. The minimum absolute atomic E-state index is 0.214. The fraction of sp³-hybridized carbons (Fsp3) is 0.600. The molecule has 0 unspecified atom stereocenters. The van der Waals surface area contributed by atoms with E-state index in [9.17, 15) is 9.59 Å². The average Bonchev–Trinajstić information content (AvgIpc) is 2.97. The number of aliphatic carboxylic acids is 1. The Balaban J connectivity index is 1.69. The zero-order valence-corrected chi connectivity index (χ0v) is 9.34. The molecular weight excluding hydrogens is 226 g/mol. The maximum atomic E-state index is 11.5. The van der Waals surface area contributed by atoms with Crippen molar-refractivity contribution in [1.29, 1.82) is 0 Å². The van der Waals surface area contributed by atoms with E-state index >= 15 is 0 Å². The van der Waals surface area contributed by atoms with Crippen molar-refractivity contribution in [3.63, 3.8) is 0 Å². The Morgan fingerprint density at radius 1 is 1.53 bits per heavy atom. The second-order valence-corrected chi connectivity index (χ2v) is 4.06. The van der Waals surface area contributed by atoms with E-state index in [1.807, 2.05) is 0 Å². The van der Waals surface area contributed by atoms with Crippen molar-refractivity contribution in [1.82, 2.24) is 15.5 Å². The van der Waals surface area contributed by atoms with E-state index < -0.39 is 11.9 Å². The zero-order chi connectivity index (χ0) is 12.4. The summed E-state index contributed by atoms with van der Waals surface area (Å²) in [6.07, 6.45) is 0.887. The standard InChI is InChI=1S/C10H13N3O4/c1-5-12-8(17-13-5)2-3-11-9(14)6-4-7(6)10(15)16/h6-7H,2-4H2,1H3,(H,11,14)(H,15,16)/t6-,7+/m1/s1. The topological polar surface area (TPSA) is 105 Å². The Hall–Kier alpha value is -1.92. The Kier molecular flexibility index (Phi) is 3.08. The summed E-state index contributed by atoms with van der Waals surface area (Å²) in [5.74, 6) is -0.989. The maximum absolute atomic E-state index is 11.5. The average molecular weight is 239 g/mol. The van der Waals surface area contributed by atoms with E-state index in [-0.39, 0.29) is 11.8 Å². The Bertz CT molecular complexity index is 443. The van der Waals surface area contributed by atoms with Gasteiger partial charge in [-0.2, -0.15) is 4.98 Å². The third-order valence-electron chi connectivity index (χ3n) is 2.65. The third kappa shape index (κ3) is 2.80. The summed E-state index contributed by atoms with van der Waals surface area (Å²) in [7, 11) is 0. The van der Waals surface area contributed by atoms with Gasteiger partial charge < -0.3 is 14.9 Å². The van der Waals surface area contributed by atoms with Gasteiger partial charge in [0.1, 0.15) is 0 Å². The van der Waals surface area contributed by atoms with Crippen LogP contribution in [0.25, 0.3) is 0 Å². The number of aromatic nitrogens is 2. The van der Waals surface area contributed by atoms with E-state index in [0.717, 1.165) is 0 Å². The zero-order valence-electron chi connectivity index (χ0n) is 9.34. The van der Waals surface area contributed by atoms with E-state index in [2.05, 4.69) is 15.5 Å². The molecule has 2 atom stereocenters. The lowest BCUT2D eigenvalue weighted by molar-refractivity contribution is -0.140. The Labute approximate surface area is 97.2 Å². The molecule has 2 rings (SSSR count). The molecule has 1 heterocycles. The van der Waals surface area contributed by atoms with E-state index in [0.29, 0.717) is 31.1 Å². The lowest BCUT2D eigenvalue weighted by atomic mass is 10.3. The van der Waals surface area contributed by atoms with Gasteiger partial charge in [-0.05, 0) is 13.3 Å². The highest BCUT2D eigenvalue weighted by Crippen LogP contribution is 2.38.